The van der Waals surface area contributed by atoms with Gasteiger partial charge in [0.25, 0.3) is 0 Å². The van der Waals surface area contributed by atoms with E-state index in [4.69, 9.17) is 4.74 Å². The topological polar surface area (TPSA) is 38.3 Å². The van der Waals surface area contributed by atoms with E-state index < -0.39 is 5.60 Å². The average Bonchev–Trinajstić information content (AvgIpc) is 2.78. The molecule has 32 heavy (non-hydrogen) atoms. The summed E-state index contributed by atoms with van der Waals surface area (Å²) in [7, 11) is 0. The SMILES string of the molecule is CC(NCC(=O)OC(C)(C)C)C(CCc1ccccc1)c1ccc(-c2ccccc2)cc1. The van der Waals surface area contributed by atoms with Crippen LogP contribution in [-0.4, -0.2) is 24.2 Å². The van der Waals surface area contributed by atoms with Crippen molar-refractivity contribution in [2.45, 2.75) is 58.1 Å². The van der Waals surface area contributed by atoms with Crippen LogP contribution >= 0.6 is 0 Å². The van der Waals surface area contributed by atoms with Crippen molar-refractivity contribution in [3.8, 4) is 11.1 Å². The molecule has 2 unspecified atom stereocenters. The molecular formula is C29H35NO2. The minimum atomic E-state index is -0.470. The van der Waals surface area contributed by atoms with Crippen LogP contribution in [0.1, 0.15) is 51.2 Å². The van der Waals surface area contributed by atoms with E-state index in [1.807, 2.05) is 32.9 Å². The Hall–Kier alpha value is -2.91. The Kier molecular flexibility index (Phi) is 8.24. The predicted molar refractivity (Wildman–Crippen MR) is 133 cm³/mol. The molecule has 168 valence electrons. The number of aryl methyl sites for hydroxylation is 1. The number of rotatable bonds is 9. The van der Waals surface area contributed by atoms with E-state index in [0.717, 1.165) is 12.8 Å². The number of benzene rings is 3. The highest BCUT2D eigenvalue weighted by atomic mass is 16.6. The molecule has 0 heterocycles. The molecule has 3 heteroatoms. The molecule has 0 aromatic heterocycles. The number of carbonyl (C=O) groups is 1. The van der Waals surface area contributed by atoms with Gasteiger partial charge in [-0.3, -0.25) is 4.79 Å². The lowest BCUT2D eigenvalue weighted by atomic mass is 9.86. The van der Waals surface area contributed by atoms with Crippen LogP contribution in [0, 0.1) is 0 Å². The van der Waals surface area contributed by atoms with Gasteiger partial charge in [0.2, 0.25) is 0 Å². The highest BCUT2D eigenvalue weighted by Crippen LogP contribution is 2.28. The van der Waals surface area contributed by atoms with Gasteiger partial charge in [0.15, 0.2) is 0 Å². The first kappa shape index (κ1) is 23.7. The number of ether oxygens (including phenoxy) is 1. The molecule has 0 aliphatic carbocycles. The molecule has 1 N–H and O–H groups in total. The second-order valence-corrected chi connectivity index (χ2v) is 9.37. The van der Waals surface area contributed by atoms with Gasteiger partial charge >= 0.3 is 5.97 Å². The molecule has 0 spiro atoms. The fourth-order valence-electron chi connectivity index (χ4n) is 3.99. The van der Waals surface area contributed by atoms with Crippen LogP contribution in [0.5, 0.6) is 0 Å². The second-order valence-electron chi connectivity index (χ2n) is 9.37. The van der Waals surface area contributed by atoms with Gasteiger partial charge < -0.3 is 10.1 Å². The molecule has 0 bridgehead atoms. The van der Waals surface area contributed by atoms with Gasteiger partial charge in [0.05, 0.1) is 6.54 Å². The van der Waals surface area contributed by atoms with Gasteiger partial charge in [0, 0.05) is 6.04 Å². The lowest BCUT2D eigenvalue weighted by Crippen LogP contribution is -2.38. The summed E-state index contributed by atoms with van der Waals surface area (Å²) < 4.78 is 5.47. The van der Waals surface area contributed by atoms with Crippen LogP contribution in [0.3, 0.4) is 0 Å². The lowest BCUT2D eigenvalue weighted by molar-refractivity contribution is -0.153. The van der Waals surface area contributed by atoms with E-state index in [1.165, 1.54) is 22.3 Å². The van der Waals surface area contributed by atoms with Crippen molar-refractivity contribution in [1.29, 1.82) is 0 Å². The maximum atomic E-state index is 12.2. The summed E-state index contributed by atoms with van der Waals surface area (Å²) in [5.41, 5.74) is 4.58. The highest BCUT2D eigenvalue weighted by molar-refractivity contribution is 5.72. The largest absolute Gasteiger partial charge is 0.459 e. The maximum absolute atomic E-state index is 12.2. The molecule has 3 aromatic carbocycles. The van der Waals surface area contributed by atoms with Crippen molar-refractivity contribution in [3.63, 3.8) is 0 Å². The van der Waals surface area contributed by atoms with Gasteiger partial charge in [0.1, 0.15) is 5.60 Å². The first-order valence-electron chi connectivity index (χ1n) is 11.5. The van der Waals surface area contributed by atoms with E-state index >= 15 is 0 Å². The second kappa shape index (κ2) is 11.1. The van der Waals surface area contributed by atoms with E-state index in [1.54, 1.807) is 0 Å². The fourth-order valence-corrected chi connectivity index (χ4v) is 3.99. The third-order valence-electron chi connectivity index (χ3n) is 5.62. The molecule has 0 aliphatic heterocycles. The number of hydrogen-bond donors (Lipinski definition) is 1. The molecule has 3 nitrogen and oxygen atoms in total. The number of esters is 1. The Balaban J connectivity index is 1.73. The molecule has 2 atom stereocenters. The smallest absolute Gasteiger partial charge is 0.320 e. The van der Waals surface area contributed by atoms with Crippen molar-refractivity contribution < 1.29 is 9.53 Å². The summed E-state index contributed by atoms with van der Waals surface area (Å²) in [6.07, 6.45) is 1.99. The third kappa shape index (κ3) is 7.35. The van der Waals surface area contributed by atoms with Gasteiger partial charge in [-0.15, -0.1) is 0 Å². The highest BCUT2D eigenvalue weighted by Gasteiger charge is 2.22. The first-order valence-corrected chi connectivity index (χ1v) is 11.5. The molecule has 3 aromatic rings. The monoisotopic (exact) mass is 429 g/mol. The van der Waals surface area contributed by atoms with Crippen molar-refractivity contribution in [3.05, 3.63) is 96.1 Å². The molecule has 0 saturated carbocycles. The first-order chi connectivity index (χ1) is 15.3. The maximum Gasteiger partial charge on any atom is 0.320 e. The summed E-state index contributed by atoms with van der Waals surface area (Å²) in [6.45, 7) is 8.05. The molecule has 0 fully saturated rings. The Morgan fingerprint density at radius 3 is 2.00 bits per heavy atom. The van der Waals surface area contributed by atoms with Crippen molar-refractivity contribution in [2.75, 3.05) is 6.54 Å². The quantitative estimate of drug-likeness (QED) is 0.401. The van der Waals surface area contributed by atoms with E-state index in [-0.39, 0.29) is 24.5 Å². The van der Waals surface area contributed by atoms with Crippen LogP contribution in [-0.2, 0) is 16.0 Å². The molecule has 3 rings (SSSR count). The van der Waals surface area contributed by atoms with Crippen molar-refractivity contribution in [1.82, 2.24) is 5.32 Å². The Morgan fingerprint density at radius 1 is 0.844 bits per heavy atom. The van der Waals surface area contributed by atoms with Gasteiger partial charge in [-0.2, -0.15) is 0 Å². The number of nitrogens with one attached hydrogen (secondary N) is 1. The molecular weight excluding hydrogens is 394 g/mol. The van der Waals surface area contributed by atoms with Crippen LogP contribution in [0.2, 0.25) is 0 Å². The molecule has 0 amide bonds. The summed E-state index contributed by atoms with van der Waals surface area (Å²) in [4.78, 5) is 12.2. The van der Waals surface area contributed by atoms with Crippen LogP contribution < -0.4 is 5.32 Å². The summed E-state index contributed by atoms with van der Waals surface area (Å²) in [6, 6.07) is 30.0. The standard InChI is InChI=1S/C29H35NO2/c1-22(30-21-28(31)32-29(2,3)4)27(20-15-23-11-7-5-8-12-23)26-18-16-25(17-19-26)24-13-9-6-10-14-24/h5-14,16-19,22,27,30H,15,20-21H2,1-4H3. The normalized spacial score (nSPS) is 13.4. The Labute approximate surface area is 192 Å². The zero-order valence-electron chi connectivity index (χ0n) is 19.7. The van der Waals surface area contributed by atoms with Gasteiger partial charge in [-0.05, 0) is 68.7 Å². The zero-order chi connectivity index (χ0) is 23.0. The van der Waals surface area contributed by atoms with E-state index in [9.17, 15) is 4.79 Å². The van der Waals surface area contributed by atoms with Crippen LogP contribution in [0.15, 0.2) is 84.9 Å². The molecule has 0 saturated heterocycles. The molecule has 0 radical (unpaired) electrons. The number of hydrogen-bond acceptors (Lipinski definition) is 3. The molecule has 0 aliphatic rings. The van der Waals surface area contributed by atoms with Crippen LogP contribution in [0.25, 0.3) is 11.1 Å². The minimum absolute atomic E-state index is 0.133. The van der Waals surface area contributed by atoms with Crippen molar-refractivity contribution >= 4 is 5.97 Å². The number of carbonyl (C=O) groups excluding carboxylic acids is 1. The zero-order valence-corrected chi connectivity index (χ0v) is 19.7. The fraction of sp³-hybridized carbons (Fsp3) is 0.345. The van der Waals surface area contributed by atoms with E-state index in [2.05, 4.69) is 85.0 Å². The van der Waals surface area contributed by atoms with Gasteiger partial charge in [-0.25, -0.2) is 0 Å². The van der Waals surface area contributed by atoms with Crippen LogP contribution in [0.4, 0.5) is 0 Å². The average molecular weight is 430 g/mol. The predicted octanol–water partition coefficient (Wildman–Crippen LogP) is 6.39. The van der Waals surface area contributed by atoms with E-state index in [0.29, 0.717) is 0 Å². The third-order valence-corrected chi connectivity index (χ3v) is 5.62. The summed E-state index contributed by atoms with van der Waals surface area (Å²) in [5.74, 6) is 0.0630. The Bertz CT molecular complexity index is 960. The van der Waals surface area contributed by atoms with Gasteiger partial charge in [-0.1, -0.05) is 84.9 Å². The summed E-state index contributed by atoms with van der Waals surface area (Å²) in [5, 5.41) is 3.41. The Morgan fingerprint density at radius 2 is 1.41 bits per heavy atom. The minimum Gasteiger partial charge on any atom is -0.459 e. The lowest BCUT2D eigenvalue weighted by Gasteiger charge is -2.27. The summed E-state index contributed by atoms with van der Waals surface area (Å²) >= 11 is 0. The van der Waals surface area contributed by atoms with Crippen molar-refractivity contribution in [2.24, 2.45) is 0 Å².